The van der Waals surface area contributed by atoms with Crippen molar-refractivity contribution in [1.29, 1.82) is 0 Å². The summed E-state index contributed by atoms with van der Waals surface area (Å²) in [6.45, 7) is 10.5. The highest BCUT2D eigenvalue weighted by Crippen LogP contribution is 2.21. The van der Waals surface area contributed by atoms with Gasteiger partial charge in [-0.2, -0.15) is 0 Å². The molecule has 0 fully saturated rings. The van der Waals surface area contributed by atoms with Gasteiger partial charge >= 0.3 is 0 Å². The quantitative estimate of drug-likeness (QED) is 0.746. The number of nitrogens with zero attached hydrogens (tertiary/aromatic N) is 1. The van der Waals surface area contributed by atoms with Gasteiger partial charge in [-0.25, -0.2) is 4.98 Å². The summed E-state index contributed by atoms with van der Waals surface area (Å²) in [7, 11) is 0. The largest absolute Gasteiger partial charge is 0.343 e. The minimum absolute atomic E-state index is 0.536. The van der Waals surface area contributed by atoms with Crippen LogP contribution < -0.4 is 0 Å². The van der Waals surface area contributed by atoms with Crippen molar-refractivity contribution in [3.05, 3.63) is 29.6 Å². The van der Waals surface area contributed by atoms with Crippen LogP contribution in [0.2, 0.25) is 0 Å². The third-order valence-corrected chi connectivity index (χ3v) is 2.39. The lowest BCUT2D eigenvalue weighted by Gasteiger charge is -1.97. The van der Waals surface area contributed by atoms with Gasteiger partial charge in [0.05, 0.1) is 0 Å². The SMILES string of the molecule is CC.Cc1ccnc2[nH]c(C(C)C)cc12. The van der Waals surface area contributed by atoms with Gasteiger partial charge in [0.2, 0.25) is 0 Å². The fourth-order valence-electron chi connectivity index (χ4n) is 1.49. The number of pyridine rings is 1. The number of aromatic nitrogens is 2. The van der Waals surface area contributed by atoms with Gasteiger partial charge in [-0.1, -0.05) is 27.7 Å². The molecule has 0 amide bonds. The van der Waals surface area contributed by atoms with Crippen LogP contribution in [0.25, 0.3) is 11.0 Å². The maximum absolute atomic E-state index is 4.29. The highest BCUT2D eigenvalue weighted by molar-refractivity contribution is 5.80. The van der Waals surface area contributed by atoms with Crippen molar-refractivity contribution in [2.24, 2.45) is 0 Å². The third kappa shape index (κ3) is 2.38. The molecule has 0 aliphatic heterocycles. The van der Waals surface area contributed by atoms with Crippen molar-refractivity contribution in [2.45, 2.75) is 40.5 Å². The molecule has 2 nitrogen and oxygen atoms in total. The number of aromatic amines is 1. The molecule has 82 valence electrons. The van der Waals surface area contributed by atoms with E-state index >= 15 is 0 Å². The smallest absolute Gasteiger partial charge is 0.137 e. The summed E-state index contributed by atoms with van der Waals surface area (Å²) in [5, 5.41) is 1.24. The van der Waals surface area contributed by atoms with Crippen LogP contribution in [-0.4, -0.2) is 9.97 Å². The van der Waals surface area contributed by atoms with E-state index in [1.54, 1.807) is 0 Å². The predicted octanol–water partition coefficient (Wildman–Crippen LogP) is 4.02. The molecular formula is C13H20N2. The predicted molar refractivity (Wildman–Crippen MR) is 66.3 cm³/mol. The van der Waals surface area contributed by atoms with Gasteiger partial charge in [-0.05, 0) is 30.5 Å². The van der Waals surface area contributed by atoms with Gasteiger partial charge < -0.3 is 4.98 Å². The molecule has 0 aromatic carbocycles. The van der Waals surface area contributed by atoms with E-state index in [4.69, 9.17) is 0 Å². The second-order valence-electron chi connectivity index (χ2n) is 3.77. The molecule has 0 saturated heterocycles. The molecule has 0 radical (unpaired) electrons. The zero-order valence-corrected chi connectivity index (χ0v) is 10.3. The van der Waals surface area contributed by atoms with Crippen molar-refractivity contribution >= 4 is 11.0 Å². The van der Waals surface area contributed by atoms with Crippen LogP contribution in [0, 0.1) is 6.92 Å². The summed E-state index contributed by atoms with van der Waals surface area (Å²) in [5.41, 5.74) is 3.55. The normalized spacial score (nSPS) is 10.3. The van der Waals surface area contributed by atoms with Gasteiger partial charge in [0.15, 0.2) is 0 Å². The van der Waals surface area contributed by atoms with Crippen molar-refractivity contribution in [3.8, 4) is 0 Å². The van der Waals surface area contributed by atoms with E-state index in [1.165, 1.54) is 16.6 Å². The monoisotopic (exact) mass is 204 g/mol. The number of aryl methyl sites for hydroxylation is 1. The second kappa shape index (κ2) is 4.96. The third-order valence-electron chi connectivity index (χ3n) is 2.39. The zero-order valence-electron chi connectivity index (χ0n) is 10.3. The van der Waals surface area contributed by atoms with Gasteiger partial charge in [0, 0.05) is 17.3 Å². The molecule has 0 aliphatic carbocycles. The summed E-state index contributed by atoms with van der Waals surface area (Å²) in [4.78, 5) is 7.61. The molecule has 0 bridgehead atoms. The second-order valence-corrected chi connectivity index (χ2v) is 3.77. The molecule has 2 aromatic rings. The fourth-order valence-corrected chi connectivity index (χ4v) is 1.49. The molecule has 0 spiro atoms. The van der Waals surface area contributed by atoms with E-state index in [2.05, 4.69) is 36.8 Å². The number of H-pyrrole nitrogens is 1. The Hall–Kier alpha value is -1.31. The average molecular weight is 204 g/mol. The zero-order chi connectivity index (χ0) is 11.4. The summed E-state index contributed by atoms with van der Waals surface area (Å²) >= 11 is 0. The van der Waals surface area contributed by atoms with E-state index in [9.17, 15) is 0 Å². The lowest BCUT2D eigenvalue weighted by Crippen LogP contribution is -1.85. The summed E-state index contributed by atoms with van der Waals surface area (Å²) in [6.07, 6.45) is 1.85. The Morgan fingerprint density at radius 2 is 1.93 bits per heavy atom. The van der Waals surface area contributed by atoms with Crippen LogP contribution in [0.15, 0.2) is 18.3 Å². The van der Waals surface area contributed by atoms with Gasteiger partial charge in [0.25, 0.3) is 0 Å². The molecule has 0 aliphatic rings. The summed E-state index contributed by atoms with van der Waals surface area (Å²) in [5.74, 6) is 0.536. The molecule has 15 heavy (non-hydrogen) atoms. The Labute approximate surface area is 91.7 Å². The first-order valence-corrected chi connectivity index (χ1v) is 5.62. The van der Waals surface area contributed by atoms with E-state index < -0.39 is 0 Å². The Kier molecular flexibility index (Phi) is 3.89. The first-order valence-electron chi connectivity index (χ1n) is 5.62. The van der Waals surface area contributed by atoms with Crippen LogP contribution in [0.3, 0.4) is 0 Å². The highest BCUT2D eigenvalue weighted by Gasteiger charge is 2.05. The maximum Gasteiger partial charge on any atom is 0.137 e. The fraction of sp³-hybridized carbons (Fsp3) is 0.462. The number of fused-ring (bicyclic) bond motifs is 1. The van der Waals surface area contributed by atoms with E-state index in [1.807, 2.05) is 26.1 Å². The molecule has 2 heterocycles. The van der Waals surface area contributed by atoms with Crippen LogP contribution in [-0.2, 0) is 0 Å². The van der Waals surface area contributed by atoms with Crippen LogP contribution >= 0.6 is 0 Å². The van der Waals surface area contributed by atoms with Crippen molar-refractivity contribution in [3.63, 3.8) is 0 Å². The first kappa shape index (κ1) is 11.8. The molecule has 0 unspecified atom stereocenters. The number of hydrogen-bond acceptors (Lipinski definition) is 1. The Morgan fingerprint density at radius 3 is 2.47 bits per heavy atom. The summed E-state index contributed by atoms with van der Waals surface area (Å²) < 4.78 is 0. The molecule has 1 N–H and O–H groups in total. The maximum atomic E-state index is 4.29. The Morgan fingerprint density at radius 1 is 1.27 bits per heavy atom. The van der Waals surface area contributed by atoms with Crippen molar-refractivity contribution < 1.29 is 0 Å². The molecule has 2 heteroatoms. The van der Waals surface area contributed by atoms with E-state index in [0.29, 0.717) is 5.92 Å². The van der Waals surface area contributed by atoms with Crippen LogP contribution in [0.5, 0.6) is 0 Å². The lowest BCUT2D eigenvalue weighted by molar-refractivity contribution is 0.835. The molecule has 0 saturated carbocycles. The van der Waals surface area contributed by atoms with Gasteiger partial charge in [-0.3, -0.25) is 0 Å². The standard InChI is InChI=1S/C11H14N2.C2H6/c1-7(2)10-6-9-8(3)4-5-12-11(9)13-10;1-2/h4-7H,1-3H3,(H,12,13);1-2H3. The molecule has 2 aromatic heterocycles. The summed E-state index contributed by atoms with van der Waals surface area (Å²) in [6, 6.07) is 4.24. The van der Waals surface area contributed by atoms with Crippen LogP contribution in [0.1, 0.15) is 44.9 Å². The minimum atomic E-state index is 0.536. The first-order chi connectivity index (χ1) is 7.18. The average Bonchev–Trinajstić information content (AvgIpc) is 2.66. The lowest BCUT2D eigenvalue weighted by atomic mass is 10.1. The van der Waals surface area contributed by atoms with Crippen LogP contribution in [0.4, 0.5) is 0 Å². The topological polar surface area (TPSA) is 28.7 Å². The van der Waals surface area contributed by atoms with Crippen molar-refractivity contribution in [1.82, 2.24) is 9.97 Å². The number of nitrogens with one attached hydrogen (secondary N) is 1. The molecule has 0 atom stereocenters. The molecule has 2 rings (SSSR count). The van der Waals surface area contributed by atoms with Gasteiger partial charge in [-0.15, -0.1) is 0 Å². The van der Waals surface area contributed by atoms with Gasteiger partial charge in [0.1, 0.15) is 5.65 Å². The Bertz CT molecular complexity index is 427. The van der Waals surface area contributed by atoms with E-state index in [0.717, 1.165) is 5.65 Å². The van der Waals surface area contributed by atoms with Crippen molar-refractivity contribution in [2.75, 3.05) is 0 Å². The molecular weight excluding hydrogens is 184 g/mol. The van der Waals surface area contributed by atoms with E-state index in [-0.39, 0.29) is 0 Å². The minimum Gasteiger partial charge on any atom is -0.343 e. The number of rotatable bonds is 1. The Balaban J connectivity index is 0.000000531. The highest BCUT2D eigenvalue weighted by atomic mass is 14.9. The number of hydrogen-bond donors (Lipinski definition) is 1.